The normalized spacial score (nSPS) is 11.7. The molecule has 0 aromatic heterocycles. The highest BCUT2D eigenvalue weighted by molar-refractivity contribution is 5.31. The van der Waals surface area contributed by atoms with Crippen LogP contribution in [0.1, 0.15) is 36.3 Å². The Kier molecular flexibility index (Phi) is 5.97. The van der Waals surface area contributed by atoms with Crippen molar-refractivity contribution in [3.05, 3.63) is 65.5 Å². The van der Waals surface area contributed by atoms with Crippen molar-refractivity contribution in [3.63, 3.8) is 0 Å². The van der Waals surface area contributed by atoms with E-state index in [1.165, 1.54) is 12.1 Å². The first-order chi connectivity index (χ1) is 10.7. The number of hydrogen-bond acceptors (Lipinski definition) is 2. The molecule has 1 atom stereocenters. The van der Waals surface area contributed by atoms with E-state index in [0.29, 0.717) is 6.61 Å². The lowest BCUT2D eigenvalue weighted by atomic mass is 9.95. The molecule has 2 nitrogen and oxygen atoms in total. The molecule has 1 unspecified atom stereocenters. The second kappa shape index (κ2) is 8.19. The van der Waals surface area contributed by atoms with Gasteiger partial charge >= 0.3 is 0 Å². The first-order valence-electron chi connectivity index (χ1n) is 7.54. The van der Waals surface area contributed by atoms with Crippen molar-refractivity contribution >= 4 is 0 Å². The fourth-order valence-electron chi connectivity index (χ4n) is 2.35. The van der Waals surface area contributed by atoms with Gasteiger partial charge in [0.05, 0.1) is 18.6 Å². The average molecular weight is 297 g/mol. The third kappa shape index (κ3) is 4.60. The molecule has 0 radical (unpaired) electrons. The number of ether oxygens (including phenoxy) is 1. The predicted octanol–water partition coefficient (Wildman–Crippen LogP) is 4.99. The average Bonchev–Trinajstić information content (AvgIpc) is 2.54. The smallest absolute Gasteiger partial charge is 0.123 e. The van der Waals surface area contributed by atoms with Crippen molar-refractivity contribution in [2.75, 3.05) is 6.61 Å². The van der Waals surface area contributed by atoms with Gasteiger partial charge in [0.1, 0.15) is 11.6 Å². The van der Waals surface area contributed by atoms with Gasteiger partial charge in [-0.15, -0.1) is 0 Å². The zero-order valence-corrected chi connectivity index (χ0v) is 12.8. The second-order valence-electron chi connectivity index (χ2n) is 5.34. The summed E-state index contributed by atoms with van der Waals surface area (Å²) >= 11 is 0. The lowest BCUT2D eigenvalue weighted by molar-refractivity contribution is 0.302. The Morgan fingerprint density at radius 3 is 2.50 bits per heavy atom. The maximum atomic E-state index is 12.9. The fourth-order valence-corrected chi connectivity index (χ4v) is 2.35. The van der Waals surface area contributed by atoms with Crippen molar-refractivity contribution in [1.82, 2.24) is 0 Å². The van der Waals surface area contributed by atoms with Crippen molar-refractivity contribution < 1.29 is 9.13 Å². The number of benzene rings is 2. The number of para-hydroxylation sites is 1. The summed E-state index contributed by atoms with van der Waals surface area (Å²) in [6.45, 7) is 2.67. The Morgan fingerprint density at radius 1 is 1.09 bits per heavy atom. The molecular formula is C19H20FNO. The summed E-state index contributed by atoms with van der Waals surface area (Å²) in [7, 11) is 0. The van der Waals surface area contributed by atoms with Gasteiger partial charge in [0.2, 0.25) is 0 Å². The van der Waals surface area contributed by atoms with Crippen molar-refractivity contribution in [2.24, 2.45) is 0 Å². The maximum Gasteiger partial charge on any atom is 0.123 e. The third-order valence-corrected chi connectivity index (χ3v) is 3.67. The lowest BCUT2D eigenvalue weighted by Crippen LogP contribution is -2.01. The van der Waals surface area contributed by atoms with E-state index in [9.17, 15) is 9.65 Å². The molecule has 0 heterocycles. The number of unbranched alkanes of at least 4 members (excludes halogenated alkanes) is 1. The van der Waals surface area contributed by atoms with Crippen LogP contribution >= 0.6 is 0 Å². The minimum absolute atomic E-state index is 0.181. The summed E-state index contributed by atoms with van der Waals surface area (Å²) in [6.07, 6.45) is 2.56. The summed E-state index contributed by atoms with van der Waals surface area (Å²) in [4.78, 5) is 0. The SMILES string of the molecule is Cc1ccccc1OCCCCC(C#N)c1ccc(F)cc1. The number of aryl methyl sites for hydroxylation is 1. The van der Waals surface area contributed by atoms with Crippen LogP contribution in [0.15, 0.2) is 48.5 Å². The molecule has 0 N–H and O–H groups in total. The molecule has 0 aliphatic carbocycles. The topological polar surface area (TPSA) is 33.0 Å². The molecule has 3 heteroatoms. The van der Waals surface area contributed by atoms with E-state index in [0.717, 1.165) is 36.1 Å². The van der Waals surface area contributed by atoms with Crippen molar-refractivity contribution in [2.45, 2.75) is 32.1 Å². The summed E-state index contributed by atoms with van der Waals surface area (Å²) in [6, 6.07) is 16.4. The van der Waals surface area contributed by atoms with Crippen molar-refractivity contribution in [3.8, 4) is 11.8 Å². The quantitative estimate of drug-likeness (QED) is 0.674. The number of nitrogens with zero attached hydrogens (tertiary/aromatic N) is 1. The second-order valence-corrected chi connectivity index (χ2v) is 5.34. The Bertz CT molecular complexity index is 631. The number of hydrogen-bond donors (Lipinski definition) is 0. The van der Waals surface area contributed by atoms with Crippen LogP contribution in [0.3, 0.4) is 0 Å². The van der Waals surface area contributed by atoms with Gasteiger partial charge < -0.3 is 4.74 Å². The van der Waals surface area contributed by atoms with Crippen LogP contribution in [0.2, 0.25) is 0 Å². The molecule has 0 aliphatic heterocycles. The highest BCUT2D eigenvalue weighted by Gasteiger charge is 2.10. The van der Waals surface area contributed by atoms with Crippen molar-refractivity contribution in [1.29, 1.82) is 5.26 Å². The van der Waals surface area contributed by atoms with Gasteiger partial charge in [-0.1, -0.05) is 30.3 Å². The minimum atomic E-state index is -0.271. The van der Waals surface area contributed by atoms with E-state index >= 15 is 0 Å². The molecule has 0 fully saturated rings. The van der Waals surface area contributed by atoms with E-state index in [1.807, 2.05) is 31.2 Å². The number of halogens is 1. The standard InChI is InChI=1S/C19H20FNO/c1-15-6-2-3-8-19(15)22-13-5-4-7-17(14-21)16-9-11-18(20)12-10-16/h2-3,6,8-12,17H,4-5,7,13H2,1H3. The molecule has 114 valence electrons. The van der Waals surface area contributed by atoms with Gasteiger partial charge in [-0.2, -0.15) is 5.26 Å². The summed E-state index contributed by atoms with van der Waals surface area (Å²) < 4.78 is 18.6. The van der Waals surface area contributed by atoms with Gasteiger partial charge in [-0.3, -0.25) is 0 Å². The Labute approximate surface area is 131 Å². The minimum Gasteiger partial charge on any atom is -0.493 e. The summed E-state index contributed by atoms with van der Waals surface area (Å²) in [5.41, 5.74) is 2.01. The molecule has 0 amide bonds. The Hall–Kier alpha value is -2.34. The molecule has 0 aliphatic rings. The molecule has 0 bridgehead atoms. The maximum absolute atomic E-state index is 12.9. The predicted molar refractivity (Wildman–Crippen MR) is 85.3 cm³/mol. The lowest BCUT2D eigenvalue weighted by Gasteiger charge is -2.11. The van der Waals surface area contributed by atoms with Crippen LogP contribution in [0, 0.1) is 24.1 Å². The van der Waals surface area contributed by atoms with E-state index in [2.05, 4.69) is 6.07 Å². The van der Waals surface area contributed by atoms with Crippen LogP contribution in [0.25, 0.3) is 0 Å². The van der Waals surface area contributed by atoms with Gasteiger partial charge in [0.15, 0.2) is 0 Å². The molecular weight excluding hydrogens is 277 g/mol. The number of nitriles is 1. The van der Waals surface area contributed by atoms with Crippen LogP contribution < -0.4 is 4.74 Å². The van der Waals surface area contributed by atoms with Gasteiger partial charge in [0.25, 0.3) is 0 Å². The largest absolute Gasteiger partial charge is 0.493 e. The van der Waals surface area contributed by atoms with E-state index in [1.54, 1.807) is 12.1 Å². The molecule has 2 rings (SSSR count). The monoisotopic (exact) mass is 297 g/mol. The molecule has 2 aromatic carbocycles. The first-order valence-corrected chi connectivity index (χ1v) is 7.54. The molecule has 0 spiro atoms. The summed E-state index contributed by atoms with van der Waals surface area (Å²) in [5.74, 6) is 0.462. The van der Waals surface area contributed by atoms with Crippen LogP contribution in [-0.4, -0.2) is 6.61 Å². The highest BCUT2D eigenvalue weighted by atomic mass is 19.1. The van der Waals surface area contributed by atoms with Gasteiger partial charge in [0, 0.05) is 0 Å². The van der Waals surface area contributed by atoms with Crippen LogP contribution in [0.4, 0.5) is 4.39 Å². The third-order valence-electron chi connectivity index (χ3n) is 3.67. The van der Waals surface area contributed by atoms with E-state index < -0.39 is 0 Å². The fraction of sp³-hybridized carbons (Fsp3) is 0.316. The summed E-state index contributed by atoms with van der Waals surface area (Å²) in [5, 5.41) is 9.24. The zero-order chi connectivity index (χ0) is 15.8. The van der Waals surface area contributed by atoms with Crippen LogP contribution in [0.5, 0.6) is 5.75 Å². The number of rotatable bonds is 7. The highest BCUT2D eigenvalue weighted by Crippen LogP contribution is 2.22. The molecule has 0 saturated heterocycles. The van der Waals surface area contributed by atoms with Gasteiger partial charge in [-0.25, -0.2) is 4.39 Å². The van der Waals surface area contributed by atoms with E-state index in [-0.39, 0.29) is 11.7 Å². The van der Waals surface area contributed by atoms with Gasteiger partial charge in [-0.05, 0) is 55.5 Å². The molecule has 0 saturated carbocycles. The molecule has 2 aromatic rings. The first kappa shape index (κ1) is 16.0. The van der Waals surface area contributed by atoms with E-state index in [4.69, 9.17) is 4.74 Å². The zero-order valence-electron chi connectivity index (χ0n) is 12.8. The van der Waals surface area contributed by atoms with Crippen LogP contribution in [-0.2, 0) is 0 Å². The molecule has 22 heavy (non-hydrogen) atoms. The Morgan fingerprint density at radius 2 is 1.82 bits per heavy atom. The Balaban J connectivity index is 1.74.